The van der Waals surface area contributed by atoms with Crippen molar-refractivity contribution in [1.29, 1.82) is 0 Å². The van der Waals surface area contributed by atoms with E-state index in [1.807, 2.05) is 78.9 Å². The van der Waals surface area contributed by atoms with Gasteiger partial charge in [-0.2, -0.15) is 0 Å². The van der Waals surface area contributed by atoms with Crippen molar-refractivity contribution >= 4 is 43.9 Å². The van der Waals surface area contributed by atoms with Crippen molar-refractivity contribution in [2.75, 3.05) is 0 Å². The number of fused-ring (bicyclic) bond motifs is 6. The molecule has 0 amide bonds. The van der Waals surface area contributed by atoms with Crippen molar-refractivity contribution in [3.63, 3.8) is 0 Å². The smallest absolute Gasteiger partial charge is 0.164 e. The Morgan fingerprint density at radius 1 is 0.300 bits per heavy atom. The molecule has 234 valence electrons. The molecule has 0 bridgehead atoms. The Balaban J connectivity index is 1.04. The summed E-state index contributed by atoms with van der Waals surface area (Å²) in [7, 11) is 0. The Kier molecular flexibility index (Phi) is 6.42. The fourth-order valence-corrected chi connectivity index (χ4v) is 6.85. The summed E-state index contributed by atoms with van der Waals surface area (Å²) in [6, 6.07) is 55.8. The molecule has 10 aromatic rings. The van der Waals surface area contributed by atoms with Gasteiger partial charge < -0.3 is 8.83 Å². The molecule has 7 aromatic carbocycles. The van der Waals surface area contributed by atoms with E-state index in [-0.39, 0.29) is 0 Å². The molecule has 0 aliphatic rings. The zero-order chi connectivity index (χ0) is 33.0. The average molecular weight is 642 g/mol. The lowest BCUT2D eigenvalue weighted by molar-refractivity contribution is 0.669. The minimum Gasteiger partial charge on any atom is -0.456 e. The van der Waals surface area contributed by atoms with Crippen LogP contribution in [0.3, 0.4) is 0 Å². The van der Waals surface area contributed by atoms with E-state index in [1.165, 1.54) is 0 Å². The van der Waals surface area contributed by atoms with E-state index in [4.69, 9.17) is 23.8 Å². The lowest BCUT2D eigenvalue weighted by Crippen LogP contribution is -2.00. The molecule has 0 atom stereocenters. The van der Waals surface area contributed by atoms with Crippen LogP contribution in [0.4, 0.5) is 0 Å². The molecule has 0 fully saturated rings. The summed E-state index contributed by atoms with van der Waals surface area (Å²) in [5, 5.41) is 4.36. The van der Waals surface area contributed by atoms with E-state index in [1.54, 1.807) is 0 Å². The van der Waals surface area contributed by atoms with Gasteiger partial charge in [-0.3, -0.25) is 0 Å². The highest BCUT2D eigenvalue weighted by Gasteiger charge is 2.17. The van der Waals surface area contributed by atoms with E-state index < -0.39 is 0 Å². The molecule has 0 unspecified atom stereocenters. The van der Waals surface area contributed by atoms with Crippen LogP contribution in [0.1, 0.15) is 0 Å². The fraction of sp³-hybridized carbons (Fsp3) is 0. The second-order valence-electron chi connectivity index (χ2n) is 12.4. The summed E-state index contributed by atoms with van der Waals surface area (Å²) < 4.78 is 12.7. The molecule has 0 spiro atoms. The van der Waals surface area contributed by atoms with Crippen molar-refractivity contribution in [3.8, 4) is 56.4 Å². The number of nitrogens with zero attached hydrogens (tertiary/aromatic N) is 3. The van der Waals surface area contributed by atoms with Crippen molar-refractivity contribution < 1.29 is 8.83 Å². The molecule has 5 nitrogen and oxygen atoms in total. The van der Waals surface area contributed by atoms with Crippen molar-refractivity contribution in [2.45, 2.75) is 0 Å². The SMILES string of the molecule is c1ccc(-c2nc(-c3ccccc3)nc(-c3ccc4c(c3)oc3c(-c5ccc(-c6ccc7oc8ccccc8c7c6)cc5)cccc34)n2)cc1. The van der Waals surface area contributed by atoms with Crippen molar-refractivity contribution in [1.82, 2.24) is 15.0 Å². The largest absolute Gasteiger partial charge is 0.456 e. The molecule has 0 aliphatic carbocycles. The summed E-state index contributed by atoms with van der Waals surface area (Å²) in [5.74, 6) is 1.85. The molecule has 0 aliphatic heterocycles. The van der Waals surface area contributed by atoms with Gasteiger partial charge in [-0.1, -0.05) is 133 Å². The van der Waals surface area contributed by atoms with Crippen LogP contribution < -0.4 is 0 Å². The molecule has 50 heavy (non-hydrogen) atoms. The maximum Gasteiger partial charge on any atom is 0.164 e. The first kappa shape index (κ1) is 28.2. The molecule has 0 saturated carbocycles. The van der Waals surface area contributed by atoms with E-state index in [0.29, 0.717) is 17.5 Å². The standard InChI is InChI=1S/C45H27N3O2/c1-3-10-30(11-4-1)43-46-44(31-12-5-2-6-13-31)48-45(47-43)33-22-24-36-37-16-9-15-34(42(37)50-41(36)27-33)29-20-18-28(19-21-29)32-23-25-40-38(26-32)35-14-7-8-17-39(35)49-40/h1-27H. The quantitative estimate of drug-likeness (QED) is 0.187. The van der Waals surface area contributed by atoms with Crippen LogP contribution >= 0.6 is 0 Å². The second kappa shape index (κ2) is 11.4. The predicted molar refractivity (Wildman–Crippen MR) is 202 cm³/mol. The van der Waals surface area contributed by atoms with Gasteiger partial charge in [0.05, 0.1) is 0 Å². The Morgan fingerprint density at radius 2 is 0.860 bits per heavy atom. The van der Waals surface area contributed by atoms with Gasteiger partial charge in [-0.25, -0.2) is 15.0 Å². The average Bonchev–Trinajstić information content (AvgIpc) is 3.76. The van der Waals surface area contributed by atoms with E-state index in [2.05, 4.69) is 84.9 Å². The highest BCUT2D eigenvalue weighted by atomic mass is 16.3. The Bertz CT molecular complexity index is 2800. The molecule has 3 heterocycles. The Hall–Kier alpha value is -6.85. The third kappa shape index (κ3) is 4.75. The Morgan fingerprint density at radius 3 is 1.60 bits per heavy atom. The van der Waals surface area contributed by atoms with E-state index in [9.17, 15) is 0 Å². The number of para-hydroxylation sites is 2. The lowest BCUT2D eigenvalue weighted by atomic mass is 9.98. The molecule has 3 aromatic heterocycles. The fourth-order valence-electron chi connectivity index (χ4n) is 6.85. The van der Waals surface area contributed by atoms with Gasteiger partial charge in [0.15, 0.2) is 17.5 Å². The summed E-state index contributed by atoms with van der Waals surface area (Å²) in [4.78, 5) is 14.7. The third-order valence-electron chi connectivity index (χ3n) is 9.36. The minimum atomic E-state index is 0.595. The molecule has 0 N–H and O–H groups in total. The van der Waals surface area contributed by atoms with Gasteiger partial charge in [0.1, 0.15) is 22.3 Å². The highest BCUT2D eigenvalue weighted by molar-refractivity contribution is 6.10. The maximum atomic E-state index is 6.64. The van der Waals surface area contributed by atoms with Crippen LogP contribution in [0.2, 0.25) is 0 Å². The summed E-state index contributed by atoms with van der Waals surface area (Å²) in [6.45, 7) is 0. The van der Waals surface area contributed by atoms with Gasteiger partial charge in [0, 0.05) is 43.8 Å². The van der Waals surface area contributed by atoms with E-state index in [0.717, 1.165) is 82.8 Å². The molecule has 5 heteroatoms. The number of aromatic nitrogens is 3. The van der Waals surface area contributed by atoms with Gasteiger partial charge >= 0.3 is 0 Å². The number of hydrogen-bond donors (Lipinski definition) is 0. The molecule has 10 rings (SSSR count). The topological polar surface area (TPSA) is 65.0 Å². The zero-order valence-corrected chi connectivity index (χ0v) is 26.7. The van der Waals surface area contributed by atoms with Crippen LogP contribution in [-0.2, 0) is 0 Å². The normalized spacial score (nSPS) is 11.6. The van der Waals surface area contributed by atoms with Crippen LogP contribution in [0.25, 0.3) is 100 Å². The Labute approximate surface area is 287 Å². The second-order valence-corrected chi connectivity index (χ2v) is 12.4. The minimum absolute atomic E-state index is 0.595. The summed E-state index contributed by atoms with van der Waals surface area (Å²) in [6.07, 6.45) is 0. The summed E-state index contributed by atoms with van der Waals surface area (Å²) >= 11 is 0. The van der Waals surface area contributed by atoms with Gasteiger partial charge in [-0.05, 0) is 47.0 Å². The number of rotatable bonds is 5. The highest BCUT2D eigenvalue weighted by Crippen LogP contribution is 2.39. The third-order valence-corrected chi connectivity index (χ3v) is 9.36. The molecular weight excluding hydrogens is 615 g/mol. The monoisotopic (exact) mass is 641 g/mol. The first-order valence-electron chi connectivity index (χ1n) is 16.6. The van der Waals surface area contributed by atoms with Crippen molar-refractivity contribution in [3.05, 3.63) is 164 Å². The van der Waals surface area contributed by atoms with Crippen LogP contribution in [-0.4, -0.2) is 15.0 Å². The zero-order valence-electron chi connectivity index (χ0n) is 26.7. The van der Waals surface area contributed by atoms with Crippen LogP contribution in [0, 0.1) is 0 Å². The maximum absolute atomic E-state index is 6.64. The number of benzene rings is 7. The first-order chi connectivity index (χ1) is 24.7. The lowest BCUT2D eigenvalue weighted by Gasteiger charge is -2.08. The van der Waals surface area contributed by atoms with Gasteiger partial charge in [0.2, 0.25) is 0 Å². The molecular formula is C45H27N3O2. The van der Waals surface area contributed by atoms with Crippen LogP contribution in [0.5, 0.6) is 0 Å². The van der Waals surface area contributed by atoms with Gasteiger partial charge in [0.25, 0.3) is 0 Å². The van der Waals surface area contributed by atoms with Crippen molar-refractivity contribution in [2.24, 2.45) is 0 Å². The predicted octanol–water partition coefficient (Wildman–Crippen LogP) is 12.0. The van der Waals surface area contributed by atoms with Gasteiger partial charge in [-0.15, -0.1) is 0 Å². The number of furan rings is 2. The van der Waals surface area contributed by atoms with Crippen LogP contribution in [0.15, 0.2) is 173 Å². The first-order valence-corrected chi connectivity index (χ1v) is 16.6. The molecule has 0 radical (unpaired) electrons. The summed E-state index contributed by atoms with van der Waals surface area (Å²) in [5.41, 5.74) is 10.6. The molecule has 0 saturated heterocycles. The van der Waals surface area contributed by atoms with E-state index >= 15 is 0 Å². The number of hydrogen-bond acceptors (Lipinski definition) is 5.